The fourth-order valence-electron chi connectivity index (χ4n) is 2.44. The molecule has 140 valence electrons. The molecule has 0 bridgehead atoms. The van der Waals surface area contributed by atoms with Crippen molar-refractivity contribution in [3.05, 3.63) is 63.9 Å². The van der Waals surface area contributed by atoms with Crippen molar-refractivity contribution in [3.63, 3.8) is 0 Å². The molecule has 0 spiro atoms. The van der Waals surface area contributed by atoms with Crippen LogP contribution in [0.25, 0.3) is 0 Å². The van der Waals surface area contributed by atoms with E-state index in [0.29, 0.717) is 26.5 Å². The minimum absolute atomic E-state index is 0.145. The quantitative estimate of drug-likeness (QED) is 0.711. The number of thioether (sulfide) groups is 1. The maximum absolute atomic E-state index is 12.9. The van der Waals surface area contributed by atoms with Crippen molar-refractivity contribution in [2.24, 2.45) is 9.98 Å². The molecule has 0 saturated heterocycles. The molecule has 3 rings (SSSR count). The first kappa shape index (κ1) is 19.9. The summed E-state index contributed by atoms with van der Waals surface area (Å²) in [7, 11) is 0. The average molecular weight is 424 g/mol. The van der Waals surface area contributed by atoms with Gasteiger partial charge in [-0.05, 0) is 50.2 Å². The number of carbonyl (C=O) groups is 1. The van der Waals surface area contributed by atoms with Gasteiger partial charge in [-0.25, -0.2) is 9.38 Å². The summed E-state index contributed by atoms with van der Waals surface area (Å²) < 4.78 is 12.9. The molecule has 0 aliphatic carbocycles. The lowest BCUT2D eigenvalue weighted by atomic mass is 10.1. The van der Waals surface area contributed by atoms with E-state index in [2.05, 4.69) is 15.3 Å². The summed E-state index contributed by atoms with van der Waals surface area (Å²) in [6.45, 7) is 3.77. The van der Waals surface area contributed by atoms with Crippen molar-refractivity contribution in [1.29, 1.82) is 0 Å². The van der Waals surface area contributed by atoms with Crippen LogP contribution < -0.4 is 5.32 Å². The first-order valence-electron chi connectivity index (χ1n) is 8.07. The monoisotopic (exact) mass is 423 g/mol. The molecule has 0 saturated carbocycles. The number of benzene rings is 2. The molecule has 1 aliphatic heterocycles. The van der Waals surface area contributed by atoms with Crippen molar-refractivity contribution in [2.75, 3.05) is 11.1 Å². The number of aliphatic imine (C=N–C) groups is 2. The van der Waals surface area contributed by atoms with Crippen LogP contribution in [0.3, 0.4) is 0 Å². The van der Waals surface area contributed by atoms with Crippen LogP contribution in [0.2, 0.25) is 10.0 Å². The van der Waals surface area contributed by atoms with Crippen molar-refractivity contribution in [3.8, 4) is 0 Å². The van der Waals surface area contributed by atoms with E-state index >= 15 is 0 Å². The molecule has 0 fully saturated rings. The van der Waals surface area contributed by atoms with Crippen LogP contribution in [-0.2, 0) is 4.79 Å². The van der Waals surface area contributed by atoms with E-state index in [0.717, 1.165) is 5.56 Å². The SMILES string of the molecule is CC1(C)N=C(SCC(=O)Nc2ccc(F)cc2)C(c2ccc(Cl)c(Cl)c2)=N1. The Hall–Kier alpha value is -1.89. The van der Waals surface area contributed by atoms with E-state index in [1.54, 1.807) is 12.1 Å². The smallest absolute Gasteiger partial charge is 0.234 e. The summed E-state index contributed by atoms with van der Waals surface area (Å²) in [6, 6.07) is 10.9. The second-order valence-electron chi connectivity index (χ2n) is 6.34. The maximum Gasteiger partial charge on any atom is 0.234 e. The van der Waals surface area contributed by atoms with Crippen LogP contribution in [-0.4, -0.2) is 28.1 Å². The van der Waals surface area contributed by atoms with Gasteiger partial charge in [0.15, 0.2) is 0 Å². The first-order chi connectivity index (χ1) is 12.7. The predicted molar refractivity (Wildman–Crippen MR) is 112 cm³/mol. The summed E-state index contributed by atoms with van der Waals surface area (Å²) in [5.74, 6) is -0.424. The minimum atomic E-state index is -0.614. The Bertz CT molecular complexity index is 942. The zero-order chi connectivity index (χ0) is 19.6. The Labute approximate surface area is 170 Å². The van der Waals surface area contributed by atoms with Gasteiger partial charge in [-0.15, -0.1) is 0 Å². The molecule has 1 N–H and O–H groups in total. The highest BCUT2D eigenvalue weighted by molar-refractivity contribution is 8.16. The third-order valence-electron chi connectivity index (χ3n) is 3.62. The van der Waals surface area contributed by atoms with Crippen LogP contribution in [0.1, 0.15) is 19.4 Å². The predicted octanol–water partition coefficient (Wildman–Crippen LogP) is 5.44. The fourth-order valence-corrected chi connectivity index (χ4v) is 3.67. The molecule has 1 aliphatic rings. The number of anilines is 1. The van der Waals surface area contributed by atoms with Gasteiger partial charge >= 0.3 is 0 Å². The molecule has 2 aromatic rings. The second kappa shape index (κ2) is 8.00. The summed E-state index contributed by atoms with van der Waals surface area (Å²) in [5, 5.41) is 4.28. The van der Waals surface area contributed by atoms with E-state index in [1.165, 1.54) is 36.0 Å². The Morgan fingerprint density at radius 3 is 2.48 bits per heavy atom. The zero-order valence-electron chi connectivity index (χ0n) is 14.6. The van der Waals surface area contributed by atoms with Crippen LogP contribution in [0, 0.1) is 5.82 Å². The third kappa shape index (κ3) is 5.09. The Morgan fingerprint density at radius 2 is 1.81 bits per heavy atom. The molecule has 1 amide bonds. The van der Waals surface area contributed by atoms with E-state index in [4.69, 9.17) is 23.2 Å². The molecule has 0 radical (unpaired) electrons. The molecule has 0 aromatic heterocycles. The topological polar surface area (TPSA) is 53.8 Å². The van der Waals surface area contributed by atoms with Crippen molar-refractivity contribution in [2.45, 2.75) is 19.5 Å². The lowest BCUT2D eigenvalue weighted by Gasteiger charge is -2.08. The Balaban J connectivity index is 1.70. The highest BCUT2D eigenvalue weighted by atomic mass is 35.5. The number of nitrogens with zero attached hydrogens (tertiary/aromatic N) is 2. The molecule has 0 atom stereocenters. The highest BCUT2D eigenvalue weighted by Gasteiger charge is 2.28. The highest BCUT2D eigenvalue weighted by Crippen LogP contribution is 2.29. The third-order valence-corrected chi connectivity index (χ3v) is 5.33. The van der Waals surface area contributed by atoms with Gasteiger partial charge in [-0.3, -0.25) is 9.79 Å². The molecule has 1 heterocycles. The van der Waals surface area contributed by atoms with Gasteiger partial charge in [0, 0.05) is 11.3 Å². The molecule has 27 heavy (non-hydrogen) atoms. The lowest BCUT2D eigenvalue weighted by Crippen LogP contribution is -2.17. The standard InChI is InChI=1S/C19H16Cl2FN3OS/c1-19(2)24-17(11-3-8-14(20)15(21)9-11)18(25-19)27-10-16(26)23-13-6-4-12(22)5-7-13/h3-9H,10H2,1-2H3,(H,23,26). The van der Waals surface area contributed by atoms with Gasteiger partial charge in [-0.2, -0.15) is 0 Å². The largest absolute Gasteiger partial charge is 0.325 e. The average Bonchev–Trinajstić information content (AvgIpc) is 2.92. The first-order valence-corrected chi connectivity index (χ1v) is 9.81. The number of halogens is 3. The van der Waals surface area contributed by atoms with Gasteiger partial charge < -0.3 is 5.32 Å². The second-order valence-corrected chi connectivity index (χ2v) is 8.12. The normalized spacial score (nSPS) is 15.3. The van der Waals surface area contributed by atoms with Crippen LogP contribution in [0.5, 0.6) is 0 Å². The van der Waals surface area contributed by atoms with Gasteiger partial charge in [0.05, 0.1) is 21.5 Å². The Kier molecular flexibility index (Phi) is 5.89. The molecule has 2 aromatic carbocycles. The maximum atomic E-state index is 12.9. The number of hydrogen-bond acceptors (Lipinski definition) is 4. The molecule has 0 unspecified atom stereocenters. The van der Waals surface area contributed by atoms with Gasteiger partial charge in [-0.1, -0.05) is 41.0 Å². The van der Waals surface area contributed by atoms with Crippen LogP contribution in [0.4, 0.5) is 10.1 Å². The molecular formula is C19H16Cl2FN3OS. The van der Waals surface area contributed by atoms with Crippen molar-refractivity contribution >= 4 is 57.3 Å². The zero-order valence-corrected chi connectivity index (χ0v) is 16.9. The number of amides is 1. The molecular weight excluding hydrogens is 408 g/mol. The van der Waals surface area contributed by atoms with Crippen LogP contribution >= 0.6 is 35.0 Å². The number of carbonyl (C=O) groups excluding carboxylic acids is 1. The van der Waals surface area contributed by atoms with Crippen molar-refractivity contribution < 1.29 is 9.18 Å². The van der Waals surface area contributed by atoms with Crippen molar-refractivity contribution in [1.82, 2.24) is 0 Å². The van der Waals surface area contributed by atoms with Gasteiger partial charge in [0.2, 0.25) is 5.91 Å². The molecule has 4 nitrogen and oxygen atoms in total. The number of rotatable bonds is 4. The summed E-state index contributed by atoms with van der Waals surface area (Å²) in [6.07, 6.45) is 0. The fraction of sp³-hybridized carbons (Fsp3) is 0.211. The number of hydrogen-bond donors (Lipinski definition) is 1. The van der Waals surface area contributed by atoms with E-state index in [-0.39, 0.29) is 17.5 Å². The number of nitrogens with one attached hydrogen (secondary N) is 1. The summed E-state index contributed by atoms with van der Waals surface area (Å²) in [4.78, 5) is 21.4. The summed E-state index contributed by atoms with van der Waals surface area (Å²) >= 11 is 13.4. The van der Waals surface area contributed by atoms with Gasteiger partial charge in [0.1, 0.15) is 16.5 Å². The van der Waals surface area contributed by atoms with E-state index in [9.17, 15) is 9.18 Å². The van der Waals surface area contributed by atoms with Crippen LogP contribution in [0.15, 0.2) is 52.4 Å². The molecule has 8 heteroatoms. The summed E-state index contributed by atoms with van der Waals surface area (Å²) in [5.41, 5.74) is 1.39. The minimum Gasteiger partial charge on any atom is -0.325 e. The van der Waals surface area contributed by atoms with E-state index in [1.807, 2.05) is 19.9 Å². The Morgan fingerprint density at radius 1 is 1.11 bits per heavy atom. The van der Waals surface area contributed by atoms with Gasteiger partial charge in [0.25, 0.3) is 0 Å². The lowest BCUT2D eigenvalue weighted by molar-refractivity contribution is -0.113. The van der Waals surface area contributed by atoms with E-state index < -0.39 is 5.66 Å².